The molecule has 6 heteroatoms. The lowest BCUT2D eigenvalue weighted by molar-refractivity contribution is -0.138. The van der Waals surface area contributed by atoms with Gasteiger partial charge in [-0.25, -0.2) is 4.39 Å². The maximum Gasteiger partial charge on any atom is 0.325 e. The zero-order chi connectivity index (χ0) is 14.0. The number of fused-ring (bicyclic) bond motifs is 1. The van der Waals surface area contributed by atoms with Gasteiger partial charge >= 0.3 is 5.97 Å². The molecule has 0 spiro atoms. The number of amides is 1. The molecular formula is C13H11FN2O3. The van der Waals surface area contributed by atoms with Crippen molar-refractivity contribution in [2.45, 2.75) is 13.0 Å². The fourth-order valence-corrected chi connectivity index (χ4v) is 1.68. The van der Waals surface area contributed by atoms with Gasteiger partial charge in [0.05, 0.1) is 0 Å². The molecule has 1 aromatic carbocycles. The number of carbonyl (C=O) groups excluding carboxylic acids is 1. The van der Waals surface area contributed by atoms with E-state index in [0.29, 0.717) is 5.39 Å². The molecule has 0 saturated heterocycles. The lowest BCUT2D eigenvalue weighted by atomic mass is 10.1. The molecule has 0 fully saturated rings. The molecule has 1 unspecified atom stereocenters. The summed E-state index contributed by atoms with van der Waals surface area (Å²) in [5.74, 6) is -2.26. The predicted octanol–water partition coefficient (Wildman–Crippen LogP) is 1.58. The summed E-state index contributed by atoms with van der Waals surface area (Å²) in [4.78, 5) is 26.5. The summed E-state index contributed by atoms with van der Waals surface area (Å²) in [5, 5.41) is 11.6. The summed E-state index contributed by atoms with van der Waals surface area (Å²) < 4.78 is 13.6. The highest BCUT2D eigenvalue weighted by atomic mass is 19.1. The van der Waals surface area contributed by atoms with Gasteiger partial charge in [0.15, 0.2) is 0 Å². The molecule has 5 nitrogen and oxygen atoms in total. The molecule has 1 atom stereocenters. The number of nitrogens with zero attached hydrogens (tertiary/aromatic N) is 1. The molecule has 1 aromatic heterocycles. The van der Waals surface area contributed by atoms with Crippen molar-refractivity contribution in [1.29, 1.82) is 0 Å². The van der Waals surface area contributed by atoms with Gasteiger partial charge in [-0.15, -0.1) is 0 Å². The standard InChI is InChI=1S/C13H11FN2O3/c1-7(13(18)19)16-12(17)11-9-3-2-4-10(14)8(9)5-6-15-11/h2-7H,1H3,(H,16,17)(H,18,19). The van der Waals surface area contributed by atoms with E-state index < -0.39 is 23.7 Å². The molecule has 19 heavy (non-hydrogen) atoms. The molecule has 0 aliphatic rings. The van der Waals surface area contributed by atoms with Crippen molar-refractivity contribution in [3.8, 4) is 0 Å². The quantitative estimate of drug-likeness (QED) is 0.880. The molecule has 2 N–H and O–H groups in total. The highest BCUT2D eigenvalue weighted by molar-refractivity contribution is 6.06. The zero-order valence-electron chi connectivity index (χ0n) is 10.1. The molecule has 0 aliphatic carbocycles. The van der Waals surface area contributed by atoms with Gasteiger partial charge in [0.1, 0.15) is 17.6 Å². The summed E-state index contributed by atoms with van der Waals surface area (Å²) in [5.41, 5.74) is 0.00472. The Morgan fingerprint density at radius 2 is 2.05 bits per heavy atom. The van der Waals surface area contributed by atoms with Crippen LogP contribution in [0.5, 0.6) is 0 Å². The van der Waals surface area contributed by atoms with Gasteiger partial charge in [0, 0.05) is 17.0 Å². The summed E-state index contributed by atoms with van der Waals surface area (Å²) in [7, 11) is 0. The largest absolute Gasteiger partial charge is 0.480 e. The van der Waals surface area contributed by atoms with Gasteiger partial charge in [-0.1, -0.05) is 12.1 Å². The maximum atomic E-state index is 13.6. The molecule has 2 rings (SSSR count). The van der Waals surface area contributed by atoms with Crippen molar-refractivity contribution in [3.05, 3.63) is 42.0 Å². The zero-order valence-corrected chi connectivity index (χ0v) is 10.1. The van der Waals surface area contributed by atoms with Crippen molar-refractivity contribution >= 4 is 22.6 Å². The van der Waals surface area contributed by atoms with Crippen LogP contribution in [0.1, 0.15) is 17.4 Å². The van der Waals surface area contributed by atoms with E-state index in [4.69, 9.17) is 5.11 Å². The van der Waals surface area contributed by atoms with Crippen molar-refractivity contribution in [3.63, 3.8) is 0 Å². The van der Waals surface area contributed by atoms with Gasteiger partial charge in [-0.05, 0) is 19.1 Å². The van der Waals surface area contributed by atoms with Crippen LogP contribution < -0.4 is 5.32 Å². The highest BCUT2D eigenvalue weighted by Crippen LogP contribution is 2.19. The number of nitrogens with one attached hydrogen (secondary N) is 1. The van der Waals surface area contributed by atoms with E-state index >= 15 is 0 Å². The number of hydrogen-bond acceptors (Lipinski definition) is 3. The minimum absolute atomic E-state index is 0.00472. The number of benzene rings is 1. The summed E-state index contributed by atoms with van der Waals surface area (Å²) in [6.45, 7) is 1.34. The number of aromatic nitrogens is 1. The van der Waals surface area contributed by atoms with Gasteiger partial charge in [-0.2, -0.15) is 0 Å². The smallest absolute Gasteiger partial charge is 0.325 e. The van der Waals surface area contributed by atoms with Crippen LogP contribution in [-0.2, 0) is 4.79 Å². The summed E-state index contributed by atoms with van der Waals surface area (Å²) >= 11 is 0. The Labute approximate surface area is 108 Å². The van der Waals surface area contributed by atoms with Crippen molar-refractivity contribution in [2.24, 2.45) is 0 Å². The van der Waals surface area contributed by atoms with Crippen LogP contribution in [-0.4, -0.2) is 28.0 Å². The molecular weight excluding hydrogens is 251 g/mol. The maximum absolute atomic E-state index is 13.6. The van der Waals surface area contributed by atoms with E-state index in [2.05, 4.69) is 10.3 Å². The number of pyridine rings is 1. The topological polar surface area (TPSA) is 79.3 Å². The molecule has 0 radical (unpaired) electrons. The number of carboxylic acids is 1. The first-order valence-electron chi connectivity index (χ1n) is 5.57. The second-order valence-corrected chi connectivity index (χ2v) is 4.03. The van der Waals surface area contributed by atoms with E-state index in [1.165, 1.54) is 31.3 Å². The van der Waals surface area contributed by atoms with Crippen LogP contribution in [0.4, 0.5) is 4.39 Å². The third-order valence-corrected chi connectivity index (χ3v) is 2.69. The van der Waals surface area contributed by atoms with Gasteiger partial charge in [-0.3, -0.25) is 14.6 Å². The van der Waals surface area contributed by atoms with Crippen LogP contribution in [0.3, 0.4) is 0 Å². The first-order chi connectivity index (χ1) is 9.00. The number of carboxylic acid groups (broad SMARTS) is 1. The number of carbonyl (C=O) groups is 2. The lowest BCUT2D eigenvalue weighted by Crippen LogP contribution is -2.38. The van der Waals surface area contributed by atoms with Crippen molar-refractivity contribution in [1.82, 2.24) is 10.3 Å². The van der Waals surface area contributed by atoms with E-state index in [1.54, 1.807) is 6.07 Å². The minimum Gasteiger partial charge on any atom is -0.480 e. The average molecular weight is 262 g/mol. The first kappa shape index (κ1) is 12.9. The molecule has 0 bridgehead atoms. The van der Waals surface area contributed by atoms with Crippen LogP contribution in [0.15, 0.2) is 30.5 Å². The molecule has 2 aromatic rings. The molecule has 0 aliphatic heterocycles. The average Bonchev–Trinajstić information content (AvgIpc) is 2.38. The van der Waals surface area contributed by atoms with Gasteiger partial charge < -0.3 is 10.4 Å². The monoisotopic (exact) mass is 262 g/mol. The fourth-order valence-electron chi connectivity index (χ4n) is 1.68. The number of aliphatic carboxylic acids is 1. The predicted molar refractivity (Wildman–Crippen MR) is 66.3 cm³/mol. The van der Waals surface area contributed by atoms with E-state index in [-0.39, 0.29) is 11.1 Å². The Morgan fingerprint density at radius 3 is 2.74 bits per heavy atom. The highest BCUT2D eigenvalue weighted by Gasteiger charge is 2.18. The van der Waals surface area contributed by atoms with Crippen molar-refractivity contribution < 1.29 is 19.1 Å². The number of hydrogen-bond donors (Lipinski definition) is 2. The van der Waals surface area contributed by atoms with E-state index in [1.807, 2.05) is 0 Å². The van der Waals surface area contributed by atoms with E-state index in [0.717, 1.165) is 0 Å². The molecule has 0 saturated carbocycles. The van der Waals surface area contributed by atoms with Gasteiger partial charge in [0.25, 0.3) is 5.91 Å². The third-order valence-electron chi connectivity index (χ3n) is 2.69. The SMILES string of the molecule is CC(NC(=O)c1nccc2c(F)cccc12)C(=O)O. The lowest BCUT2D eigenvalue weighted by Gasteiger charge is -2.10. The molecule has 98 valence electrons. The Hall–Kier alpha value is -2.50. The van der Waals surface area contributed by atoms with Crippen LogP contribution in [0.2, 0.25) is 0 Å². The Bertz CT molecular complexity index is 657. The van der Waals surface area contributed by atoms with Crippen LogP contribution in [0.25, 0.3) is 10.8 Å². The Kier molecular flexibility index (Phi) is 3.41. The fraction of sp³-hybridized carbons (Fsp3) is 0.154. The van der Waals surface area contributed by atoms with Crippen LogP contribution in [0, 0.1) is 5.82 Å². The molecule has 1 heterocycles. The van der Waals surface area contributed by atoms with Crippen molar-refractivity contribution in [2.75, 3.05) is 0 Å². The van der Waals surface area contributed by atoms with Crippen LogP contribution >= 0.6 is 0 Å². The second-order valence-electron chi connectivity index (χ2n) is 4.03. The van der Waals surface area contributed by atoms with E-state index in [9.17, 15) is 14.0 Å². The Morgan fingerprint density at radius 1 is 1.32 bits per heavy atom. The number of halogens is 1. The van der Waals surface area contributed by atoms with Gasteiger partial charge in [0.2, 0.25) is 0 Å². The summed E-state index contributed by atoms with van der Waals surface area (Å²) in [6, 6.07) is 4.73. The molecule has 1 amide bonds. The minimum atomic E-state index is -1.15. The third kappa shape index (κ3) is 2.52. The first-order valence-corrected chi connectivity index (χ1v) is 5.57. The number of rotatable bonds is 3. The second kappa shape index (κ2) is 5.01. The summed E-state index contributed by atoms with van der Waals surface area (Å²) in [6.07, 6.45) is 1.31. The normalized spacial score (nSPS) is 12.1. The Balaban J connectivity index is 2.43.